The number of aliphatic hydroxyl groups excluding tert-OH is 1. The molecule has 0 aromatic heterocycles. The molecular weight excluding hydrogens is 319 g/mol. The standard InChI is InChI=1S/C16H15FN2O3S/c17-15-9-13(10-18)6-7-16(15)23(21,22)19-14(11-20)8-12-4-2-1-3-5-12/h1-7,9,14,19-20H,8,11H2/t14-/m1/s1. The molecule has 1 atom stereocenters. The molecule has 7 heteroatoms. The summed E-state index contributed by atoms with van der Waals surface area (Å²) in [4.78, 5) is -0.553. The molecule has 0 aliphatic rings. The highest BCUT2D eigenvalue weighted by atomic mass is 32.2. The van der Waals surface area contributed by atoms with Gasteiger partial charge < -0.3 is 5.11 Å². The van der Waals surface area contributed by atoms with Crippen LogP contribution < -0.4 is 4.72 Å². The Morgan fingerprint density at radius 3 is 2.48 bits per heavy atom. The SMILES string of the molecule is N#Cc1ccc(S(=O)(=O)N[C@@H](CO)Cc2ccccc2)c(F)c1. The lowest BCUT2D eigenvalue weighted by Crippen LogP contribution is -2.39. The predicted molar refractivity (Wildman–Crippen MR) is 82.5 cm³/mol. The lowest BCUT2D eigenvalue weighted by molar-refractivity contribution is 0.256. The van der Waals surface area contributed by atoms with Crippen LogP contribution in [0.2, 0.25) is 0 Å². The van der Waals surface area contributed by atoms with Crippen molar-refractivity contribution in [3.8, 4) is 6.07 Å². The van der Waals surface area contributed by atoms with Crippen molar-refractivity contribution in [2.75, 3.05) is 6.61 Å². The number of hydrogen-bond donors (Lipinski definition) is 2. The van der Waals surface area contributed by atoms with E-state index in [1.165, 1.54) is 6.07 Å². The predicted octanol–water partition coefficient (Wildman–Crippen LogP) is 1.58. The number of halogens is 1. The summed E-state index contributed by atoms with van der Waals surface area (Å²) < 4.78 is 40.7. The van der Waals surface area contributed by atoms with Crippen LogP contribution in [0, 0.1) is 17.1 Å². The maximum absolute atomic E-state index is 13.9. The lowest BCUT2D eigenvalue weighted by Gasteiger charge is -2.17. The first-order valence-corrected chi connectivity index (χ1v) is 8.31. The van der Waals surface area contributed by atoms with Gasteiger partial charge >= 0.3 is 0 Å². The van der Waals surface area contributed by atoms with Gasteiger partial charge in [0.25, 0.3) is 0 Å². The van der Waals surface area contributed by atoms with Gasteiger partial charge in [-0.1, -0.05) is 30.3 Å². The van der Waals surface area contributed by atoms with Crippen molar-refractivity contribution in [3.63, 3.8) is 0 Å². The lowest BCUT2D eigenvalue weighted by atomic mass is 10.1. The minimum Gasteiger partial charge on any atom is -0.395 e. The Labute approximate surface area is 134 Å². The molecule has 0 aliphatic carbocycles. The fourth-order valence-corrected chi connectivity index (χ4v) is 3.40. The summed E-state index contributed by atoms with van der Waals surface area (Å²) >= 11 is 0. The largest absolute Gasteiger partial charge is 0.395 e. The van der Waals surface area contributed by atoms with Crippen LogP contribution in [-0.4, -0.2) is 26.2 Å². The summed E-state index contributed by atoms with van der Waals surface area (Å²) in [7, 11) is -4.14. The number of nitrogens with zero attached hydrogens (tertiary/aromatic N) is 1. The Morgan fingerprint density at radius 2 is 1.91 bits per heavy atom. The molecule has 120 valence electrons. The van der Waals surface area contributed by atoms with Gasteiger partial charge in [-0.25, -0.2) is 17.5 Å². The maximum Gasteiger partial charge on any atom is 0.243 e. The van der Waals surface area contributed by atoms with E-state index in [4.69, 9.17) is 5.26 Å². The summed E-state index contributed by atoms with van der Waals surface area (Å²) in [5.74, 6) is -1.01. The van der Waals surface area contributed by atoms with E-state index in [-0.39, 0.29) is 12.0 Å². The molecule has 2 aromatic carbocycles. The van der Waals surface area contributed by atoms with E-state index in [9.17, 15) is 17.9 Å². The molecule has 2 aromatic rings. The maximum atomic E-state index is 13.9. The fraction of sp³-hybridized carbons (Fsp3) is 0.188. The van der Waals surface area contributed by atoms with Gasteiger partial charge in [-0.05, 0) is 30.2 Å². The topological polar surface area (TPSA) is 90.2 Å². The third-order valence-electron chi connectivity index (χ3n) is 3.22. The summed E-state index contributed by atoms with van der Waals surface area (Å²) in [6, 6.07) is 13.1. The van der Waals surface area contributed by atoms with Gasteiger partial charge in [0.15, 0.2) is 0 Å². The molecule has 0 saturated carbocycles. The number of hydrogen-bond acceptors (Lipinski definition) is 4. The second-order valence-corrected chi connectivity index (χ2v) is 6.63. The van der Waals surface area contributed by atoms with E-state index in [1.54, 1.807) is 30.3 Å². The molecule has 0 fully saturated rings. The van der Waals surface area contributed by atoms with Crippen LogP contribution >= 0.6 is 0 Å². The van der Waals surface area contributed by atoms with Crippen molar-refractivity contribution in [2.45, 2.75) is 17.4 Å². The summed E-state index contributed by atoms with van der Waals surface area (Å²) in [6.45, 7) is -0.425. The first-order valence-electron chi connectivity index (χ1n) is 6.83. The van der Waals surface area contributed by atoms with Crippen molar-refractivity contribution in [1.82, 2.24) is 4.72 Å². The van der Waals surface area contributed by atoms with Crippen LogP contribution in [0.15, 0.2) is 53.4 Å². The van der Waals surface area contributed by atoms with Crippen molar-refractivity contribution in [3.05, 3.63) is 65.5 Å². The van der Waals surface area contributed by atoms with E-state index in [2.05, 4.69) is 4.72 Å². The summed E-state index contributed by atoms with van der Waals surface area (Å²) in [5, 5.41) is 18.1. The third-order valence-corrected chi connectivity index (χ3v) is 4.77. The molecular formula is C16H15FN2O3S. The van der Waals surface area contributed by atoms with Crippen LogP contribution in [0.5, 0.6) is 0 Å². The minimum atomic E-state index is -4.14. The molecule has 0 bridgehead atoms. The monoisotopic (exact) mass is 334 g/mol. The number of nitrogens with one attached hydrogen (secondary N) is 1. The summed E-state index contributed by atoms with van der Waals surface area (Å²) in [6.07, 6.45) is 0.272. The molecule has 2 N–H and O–H groups in total. The minimum absolute atomic E-state index is 0.0319. The van der Waals surface area contributed by atoms with Gasteiger partial charge in [0.1, 0.15) is 10.7 Å². The Hall–Kier alpha value is -2.27. The number of aliphatic hydroxyl groups is 1. The quantitative estimate of drug-likeness (QED) is 0.839. The molecule has 0 unspecified atom stereocenters. The zero-order valence-corrected chi connectivity index (χ0v) is 12.9. The molecule has 0 saturated heterocycles. The van der Waals surface area contributed by atoms with Gasteiger partial charge in [0.05, 0.1) is 18.2 Å². The number of rotatable bonds is 6. The van der Waals surface area contributed by atoms with E-state index in [1.807, 2.05) is 6.07 Å². The zero-order valence-electron chi connectivity index (χ0n) is 12.1. The summed E-state index contributed by atoms with van der Waals surface area (Å²) in [5.41, 5.74) is 0.874. The van der Waals surface area contributed by atoms with Crippen LogP contribution in [0.3, 0.4) is 0 Å². The molecule has 2 rings (SSSR count). The fourth-order valence-electron chi connectivity index (χ4n) is 2.11. The van der Waals surface area contributed by atoms with Crippen LogP contribution in [-0.2, 0) is 16.4 Å². The smallest absolute Gasteiger partial charge is 0.243 e. The average molecular weight is 334 g/mol. The van der Waals surface area contributed by atoms with E-state index >= 15 is 0 Å². The van der Waals surface area contributed by atoms with Crippen molar-refractivity contribution >= 4 is 10.0 Å². The van der Waals surface area contributed by atoms with Crippen LogP contribution in [0.1, 0.15) is 11.1 Å². The van der Waals surface area contributed by atoms with E-state index in [0.29, 0.717) is 0 Å². The van der Waals surface area contributed by atoms with Gasteiger partial charge in [-0.3, -0.25) is 0 Å². The van der Waals surface area contributed by atoms with Crippen molar-refractivity contribution in [1.29, 1.82) is 5.26 Å². The Balaban J connectivity index is 2.21. The number of nitriles is 1. The van der Waals surface area contributed by atoms with Crippen molar-refractivity contribution < 1.29 is 17.9 Å². The Bertz CT molecular complexity index is 817. The Morgan fingerprint density at radius 1 is 1.22 bits per heavy atom. The number of benzene rings is 2. The van der Waals surface area contributed by atoms with Gasteiger partial charge in [-0.2, -0.15) is 5.26 Å². The molecule has 0 spiro atoms. The number of sulfonamides is 1. The van der Waals surface area contributed by atoms with Gasteiger partial charge in [0, 0.05) is 6.04 Å². The Kier molecular flexibility index (Phi) is 5.45. The molecule has 0 heterocycles. The molecule has 0 aliphatic heterocycles. The second-order valence-electron chi connectivity index (χ2n) is 4.95. The first kappa shape index (κ1) is 17.1. The zero-order chi connectivity index (χ0) is 16.9. The van der Waals surface area contributed by atoms with Gasteiger partial charge in [-0.15, -0.1) is 0 Å². The molecule has 23 heavy (non-hydrogen) atoms. The second kappa shape index (κ2) is 7.33. The first-order chi connectivity index (χ1) is 11.0. The normalized spacial score (nSPS) is 12.6. The van der Waals surface area contributed by atoms with Crippen molar-refractivity contribution in [2.24, 2.45) is 0 Å². The van der Waals surface area contributed by atoms with E-state index in [0.717, 1.165) is 17.7 Å². The molecule has 0 radical (unpaired) electrons. The highest BCUT2D eigenvalue weighted by Gasteiger charge is 2.23. The molecule has 5 nitrogen and oxygen atoms in total. The van der Waals surface area contributed by atoms with Crippen LogP contribution in [0.25, 0.3) is 0 Å². The van der Waals surface area contributed by atoms with Gasteiger partial charge in [0.2, 0.25) is 10.0 Å². The highest BCUT2D eigenvalue weighted by molar-refractivity contribution is 7.89. The average Bonchev–Trinajstić information content (AvgIpc) is 2.54. The molecule has 0 amide bonds. The van der Waals surface area contributed by atoms with Crippen LogP contribution in [0.4, 0.5) is 4.39 Å². The van der Waals surface area contributed by atoms with E-state index < -0.39 is 33.4 Å². The highest BCUT2D eigenvalue weighted by Crippen LogP contribution is 2.16. The third kappa shape index (κ3) is 4.36.